The highest BCUT2D eigenvalue weighted by Gasteiger charge is 2.24. The largest absolute Gasteiger partial charge is 0.349 e. The highest BCUT2D eigenvalue weighted by molar-refractivity contribution is 5.94. The van der Waals surface area contributed by atoms with Crippen molar-refractivity contribution in [1.29, 1.82) is 0 Å². The van der Waals surface area contributed by atoms with E-state index in [0.29, 0.717) is 6.04 Å². The van der Waals surface area contributed by atoms with Crippen LogP contribution in [0.5, 0.6) is 0 Å². The molecule has 1 saturated carbocycles. The number of amides is 1. The molecule has 2 aliphatic rings. The van der Waals surface area contributed by atoms with Crippen molar-refractivity contribution in [3.8, 4) is 16.9 Å². The van der Waals surface area contributed by atoms with Gasteiger partial charge in [-0.25, -0.2) is 0 Å². The number of carbonyl (C=O) groups excluding carboxylic acids is 1. The van der Waals surface area contributed by atoms with Crippen LogP contribution in [0.1, 0.15) is 59.3 Å². The number of nitrogens with zero attached hydrogens (tertiary/aromatic N) is 1. The van der Waals surface area contributed by atoms with Crippen molar-refractivity contribution in [2.45, 2.75) is 57.9 Å². The Hall–Kier alpha value is -2.81. The van der Waals surface area contributed by atoms with Crippen molar-refractivity contribution in [2.75, 3.05) is 0 Å². The predicted octanol–water partition coefficient (Wildman–Crippen LogP) is 5.61. The summed E-state index contributed by atoms with van der Waals surface area (Å²) < 4.78 is 2.42. The molecule has 0 bridgehead atoms. The lowest BCUT2D eigenvalue weighted by molar-refractivity contribution is 0.0951. The molecule has 1 aromatic heterocycles. The van der Waals surface area contributed by atoms with Crippen LogP contribution in [0.25, 0.3) is 16.9 Å². The molecule has 1 heterocycles. The van der Waals surface area contributed by atoms with Crippen LogP contribution in [0.2, 0.25) is 0 Å². The number of aromatic nitrogens is 1. The maximum Gasteiger partial charge on any atom is 0.251 e. The molecular weight excluding hydrogens is 356 g/mol. The second-order valence-electron chi connectivity index (χ2n) is 8.56. The molecule has 2 aromatic carbocycles. The third kappa shape index (κ3) is 3.74. The summed E-state index contributed by atoms with van der Waals surface area (Å²) in [5.41, 5.74) is 8.59. The quantitative estimate of drug-likeness (QED) is 0.583. The zero-order valence-electron chi connectivity index (χ0n) is 17.1. The Kier molecular flexibility index (Phi) is 4.75. The SMILES string of the molecule is Cc1ccc(-c2cc3c(n2-c2ccc(C(=O)NC4CC4)cc2)CCCCC3)cc1. The van der Waals surface area contributed by atoms with Gasteiger partial charge < -0.3 is 9.88 Å². The maximum atomic E-state index is 12.4. The molecule has 0 aliphatic heterocycles. The van der Waals surface area contributed by atoms with Gasteiger partial charge in [-0.15, -0.1) is 0 Å². The number of hydrogen-bond acceptors (Lipinski definition) is 1. The lowest BCUT2D eigenvalue weighted by atomic mass is 10.1. The maximum absolute atomic E-state index is 12.4. The van der Waals surface area contributed by atoms with Crippen molar-refractivity contribution in [2.24, 2.45) is 0 Å². The summed E-state index contributed by atoms with van der Waals surface area (Å²) in [6, 6.07) is 19.7. The molecule has 0 radical (unpaired) electrons. The average molecular weight is 385 g/mol. The molecular formula is C26H28N2O. The van der Waals surface area contributed by atoms with Gasteiger partial charge in [0.25, 0.3) is 5.91 Å². The molecule has 0 atom stereocenters. The molecule has 0 unspecified atom stereocenters. The molecule has 0 spiro atoms. The van der Waals surface area contributed by atoms with E-state index in [2.05, 4.69) is 59.3 Å². The number of benzene rings is 2. The third-order valence-electron chi connectivity index (χ3n) is 6.20. The zero-order chi connectivity index (χ0) is 19.8. The molecule has 3 nitrogen and oxygen atoms in total. The van der Waals surface area contributed by atoms with E-state index in [1.807, 2.05) is 12.1 Å². The van der Waals surface area contributed by atoms with Gasteiger partial charge in [-0.3, -0.25) is 4.79 Å². The smallest absolute Gasteiger partial charge is 0.251 e. The van der Waals surface area contributed by atoms with Gasteiger partial charge in [0.05, 0.1) is 5.69 Å². The Morgan fingerprint density at radius 3 is 2.38 bits per heavy atom. The molecule has 5 rings (SSSR count). The summed E-state index contributed by atoms with van der Waals surface area (Å²) in [5.74, 6) is 0.0455. The normalized spacial score (nSPS) is 16.2. The van der Waals surface area contributed by atoms with Crippen LogP contribution >= 0.6 is 0 Å². The molecule has 3 aromatic rings. The van der Waals surface area contributed by atoms with Gasteiger partial charge in [-0.1, -0.05) is 36.2 Å². The van der Waals surface area contributed by atoms with Crippen LogP contribution in [-0.4, -0.2) is 16.5 Å². The summed E-state index contributed by atoms with van der Waals surface area (Å²) in [6.07, 6.45) is 8.30. The number of nitrogens with one attached hydrogen (secondary N) is 1. The number of carbonyl (C=O) groups is 1. The fraction of sp³-hybridized carbons (Fsp3) is 0.346. The van der Waals surface area contributed by atoms with Gasteiger partial charge in [0.1, 0.15) is 0 Å². The number of hydrogen-bond donors (Lipinski definition) is 1. The lowest BCUT2D eigenvalue weighted by Crippen LogP contribution is -2.25. The molecule has 29 heavy (non-hydrogen) atoms. The molecule has 2 aliphatic carbocycles. The lowest BCUT2D eigenvalue weighted by Gasteiger charge is -2.15. The van der Waals surface area contributed by atoms with E-state index < -0.39 is 0 Å². The number of rotatable bonds is 4. The predicted molar refractivity (Wildman–Crippen MR) is 118 cm³/mol. The van der Waals surface area contributed by atoms with Crippen molar-refractivity contribution in [1.82, 2.24) is 9.88 Å². The molecule has 0 saturated heterocycles. The van der Waals surface area contributed by atoms with E-state index in [0.717, 1.165) is 36.9 Å². The second kappa shape index (κ2) is 7.55. The Morgan fingerprint density at radius 1 is 0.931 bits per heavy atom. The number of aryl methyl sites for hydroxylation is 2. The van der Waals surface area contributed by atoms with E-state index >= 15 is 0 Å². The first-order valence-electron chi connectivity index (χ1n) is 10.9. The van der Waals surface area contributed by atoms with Crippen LogP contribution in [0.4, 0.5) is 0 Å². The standard InChI is InChI=1S/C26H28N2O/c1-18-7-9-19(10-8-18)25-17-21-5-3-2-4-6-24(21)28(25)23-15-11-20(12-16-23)26(29)27-22-13-14-22/h7-12,15-17,22H,2-6,13-14H2,1H3,(H,27,29). The fourth-order valence-corrected chi connectivity index (χ4v) is 4.37. The zero-order valence-corrected chi connectivity index (χ0v) is 17.1. The van der Waals surface area contributed by atoms with Crippen LogP contribution < -0.4 is 5.32 Å². The van der Waals surface area contributed by atoms with Gasteiger partial charge in [0.15, 0.2) is 0 Å². The van der Waals surface area contributed by atoms with Gasteiger partial charge >= 0.3 is 0 Å². The first-order chi connectivity index (χ1) is 14.2. The summed E-state index contributed by atoms with van der Waals surface area (Å²) >= 11 is 0. The summed E-state index contributed by atoms with van der Waals surface area (Å²) in [6.45, 7) is 2.13. The Labute approximate surface area is 172 Å². The van der Waals surface area contributed by atoms with E-state index in [4.69, 9.17) is 0 Å². The first kappa shape index (κ1) is 18.2. The Morgan fingerprint density at radius 2 is 1.66 bits per heavy atom. The second-order valence-corrected chi connectivity index (χ2v) is 8.56. The topological polar surface area (TPSA) is 34.0 Å². The molecule has 1 amide bonds. The van der Waals surface area contributed by atoms with Crippen LogP contribution in [-0.2, 0) is 12.8 Å². The van der Waals surface area contributed by atoms with E-state index in [9.17, 15) is 4.79 Å². The molecule has 148 valence electrons. The van der Waals surface area contributed by atoms with Crippen molar-refractivity contribution in [3.63, 3.8) is 0 Å². The number of fused-ring (bicyclic) bond motifs is 1. The van der Waals surface area contributed by atoms with Gasteiger partial charge in [0.2, 0.25) is 0 Å². The van der Waals surface area contributed by atoms with E-state index in [1.165, 1.54) is 47.3 Å². The van der Waals surface area contributed by atoms with Crippen LogP contribution in [0.15, 0.2) is 54.6 Å². The summed E-state index contributed by atoms with van der Waals surface area (Å²) in [5, 5.41) is 3.08. The monoisotopic (exact) mass is 384 g/mol. The van der Waals surface area contributed by atoms with Gasteiger partial charge in [-0.05, 0) is 86.9 Å². The Bertz CT molecular complexity index is 1020. The first-order valence-corrected chi connectivity index (χ1v) is 10.9. The van der Waals surface area contributed by atoms with Crippen LogP contribution in [0, 0.1) is 6.92 Å². The van der Waals surface area contributed by atoms with E-state index in [1.54, 1.807) is 0 Å². The van der Waals surface area contributed by atoms with Gasteiger partial charge in [-0.2, -0.15) is 0 Å². The van der Waals surface area contributed by atoms with Crippen molar-refractivity contribution >= 4 is 5.91 Å². The highest BCUT2D eigenvalue weighted by atomic mass is 16.1. The van der Waals surface area contributed by atoms with E-state index in [-0.39, 0.29) is 5.91 Å². The summed E-state index contributed by atoms with van der Waals surface area (Å²) in [4.78, 5) is 12.4. The molecule has 1 N–H and O–H groups in total. The molecule has 3 heteroatoms. The minimum absolute atomic E-state index is 0.0455. The molecule has 1 fully saturated rings. The highest BCUT2D eigenvalue weighted by Crippen LogP contribution is 2.33. The minimum atomic E-state index is 0.0455. The average Bonchev–Trinajstić information content (AvgIpc) is 3.52. The third-order valence-corrected chi connectivity index (χ3v) is 6.20. The van der Waals surface area contributed by atoms with Crippen molar-refractivity contribution < 1.29 is 4.79 Å². The fourth-order valence-electron chi connectivity index (χ4n) is 4.37. The van der Waals surface area contributed by atoms with Gasteiger partial charge in [0, 0.05) is 23.0 Å². The van der Waals surface area contributed by atoms with Crippen LogP contribution in [0.3, 0.4) is 0 Å². The van der Waals surface area contributed by atoms with Crippen molar-refractivity contribution in [3.05, 3.63) is 77.0 Å². The minimum Gasteiger partial charge on any atom is -0.349 e. The summed E-state index contributed by atoms with van der Waals surface area (Å²) in [7, 11) is 0. The Balaban J connectivity index is 1.56.